The molecule has 22 heavy (non-hydrogen) atoms. The van der Waals surface area contributed by atoms with Gasteiger partial charge in [0.05, 0.1) is 0 Å². The Morgan fingerprint density at radius 2 is 1.50 bits per heavy atom. The van der Waals surface area contributed by atoms with Gasteiger partial charge in [0.2, 0.25) is 0 Å². The van der Waals surface area contributed by atoms with Gasteiger partial charge in [-0.2, -0.15) is 0 Å². The third kappa shape index (κ3) is 3.63. The van der Waals surface area contributed by atoms with Gasteiger partial charge in [-0.05, 0) is 0 Å². The molecule has 0 bridgehead atoms. The fourth-order valence-corrected chi connectivity index (χ4v) is 15.8. The zero-order valence-electron chi connectivity index (χ0n) is 13.2. The number of aryl methyl sites for hydroxylation is 1. The molecule has 0 atom stereocenters. The summed E-state index contributed by atoms with van der Waals surface area (Å²) in [4.78, 5) is 0.484. The molecule has 0 aliphatic rings. The number of rotatable bonds is 3. The molecule has 0 aliphatic carbocycles. The predicted molar refractivity (Wildman–Crippen MR) is 98.5 cm³/mol. The van der Waals surface area contributed by atoms with Crippen molar-refractivity contribution >= 4 is 48.0 Å². The molecule has 0 aromatic heterocycles. The third-order valence-electron chi connectivity index (χ3n) is 3.43. The van der Waals surface area contributed by atoms with Gasteiger partial charge in [-0.15, -0.1) is 0 Å². The zero-order chi connectivity index (χ0) is 16.5. The molecule has 0 spiro atoms. The molecule has 0 aliphatic heterocycles. The van der Waals surface area contributed by atoms with Crippen molar-refractivity contribution in [3.8, 4) is 0 Å². The molecule has 0 N–H and O–H groups in total. The molecule has 0 heterocycles. The van der Waals surface area contributed by atoms with Gasteiger partial charge in [-0.25, -0.2) is 0 Å². The normalized spacial score (nSPS) is 12.6. The van der Waals surface area contributed by atoms with Gasteiger partial charge in [0.15, 0.2) is 0 Å². The Hall–Kier alpha value is -0.247. The van der Waals surface area contributed by atoms with Gasteiger partial charge in [-0.3, -0.25) is 0 Å². The quantitative estimate of drug-likeness (QED) is 0.526. The Morgan fingerprint density at radius 1 is 0.955 bits per heavy atom. The van der Waals surface area contributed by atoms with E-state index in [9.17, 15) is 8.42 Å². The van der Waals surface area contributed by atoms with Crippen LogP contribution in [0, 0.1) is 6.92 Å². The molecule has 0 unspecified atom stereocenters. The first-order chi connectivity index (χ1) is 10.1. The van der Waals surface area contributed by atoms with Crippen molar-refractivity contribution in [2.75, 3.05) is 0 Å². The van der Waals surface area contributed by atoms with E-state index in [1.807, 2.05) is 18.2 Å². The second kappa shape index (κ2) is 6.70. The van der Waals surface area contributed by atoms with E-state index in [-0.39, 0.29) is 0 Å². The minimum absolute atomic E-state index is 0.484. The number of sulfone groups is 1. The maximum atomic E-state index is 12.9. The first-order valence-electron chi connectivity index (χ1n) is 7.01. The Morgan fingerprint density at radius 3 is 2.05 bits per heavy atom. The van der Waals surface area contributed by atoms with E-state index in [2.05, 4.69) is 43.4 Å². The monoisotopic (exact) mass is 576 g/mol. The van der Waals surface area contributed by atoms with Crippen molar-refractivity contribution in [1.82, 2.24) is 0 Å². The average molecular weight is 577 g/mol. The number of hydrogen-bond acceptors (Lipinski definition) is 2. The van der Waals surface area contributed by atoms with Gasteiger partial charge in [0.25, 0.3) is 0 Å². The van der Waals surface area contributed by atoms with Crippen LogP contribution < -0.4 is 6.54 Å². The van der Waals surface area contributed by atoms with Gasteiger partial charge in [-0.1, -0.05) is 0 Å². The van der Waals surface area contributed by atoms with Crippen LogP contribution >= 0.6 is 12.2 Å². The average Bonchev–Trinajstić information content (AvgIpc) is 2.46. The van der Waals surface area contributed by atoms with Crippen molar-refractivity contribution in [3.63, 3.8) is 0 Å². The van der Waals surface area contributed by atoms with Gasteiger partial charge < -0.3 is 0 Å². The Labute approximate surface area is 147 Å². The molecule has 2 aromatic rings. The topological polar surface area (TPSA) is 34.1 Å². The Kier molecular flexibility index (Phi) is 5.52. The third-order valence-corrected chi connectivity index (χ3v) is 19.6. The molecule has 0 saturated heterocycles. The van der Waals surface area contributed by atoms with Crippen molar-refractivity contribution < 1.29 is 8.42 Å². The fourth-order valence-electron chi connectivity index (χ4n) is 1.99. The van der Waals surface area contributed by atoms with Crippen LogP contribution in [0.4, 0.5) is 0 Å². The molecule has 118 valence electrons. The molecule has 2 aromatic carbocycles. The SMILES string of the molecule is Cc1cc[c]([Bi]([Br])[c]2ccccc2S(=O)(=O)C(C)(C)C)cc1. The van der Waals surface area contributed by atoms with E-state index in [4.69, 9.17) is 0 Å². The minimum atomic E-state index is -3.35. The first-order valence-corrected chi connectivity index (χ1v) is 19.5. The molecular weight excluding hydrogens is 557 g/mol. The Balaban J connectivity index is 2.56. The molecule has 0 amide bonds. The molecule has 2 rings (SSSR count). The summed E-state index contributed by atoms with van der Waals surface area (Å²) in [7, 11) is -3.35. The number of halogens is 1. The van der Waals surface area contributed by atoms with Gasteiger partial charge >= 0.3 is 148 Å². The summed E-state index contributed by atoms with van der Waals surface area (Å²) < 4.78 is 27.2. The van der Waals surface area contributed by atoms with E-state index >= 15 is 0 Å². The summed E-state index contributed by atoms with van der Waals surface area (Å²) in [6.45, 7) is 7.31. The molecule has 0 saturated carbocycles. The van der Waals surface area contributed by atoms with Crippen LogP contribution in [0.3, 0.4) is 0 Å². The summed E-state index contributed by atoms with van der Waals surface area (Å²) in [5.74, 6) is 0. The maximum absolute atomic E-state index is 12.9. The molecule has 0 fully saturated rings. The molecular formula is C17H20BiBrO2S. The molecule has 0 radical (unpaired) electrons. The van der Waals surface area contributed by atoms with E-state index in [0.29, 0.717) is 4.90 Å². The number of benzene rings is 2. The summed E-state index contributed by atoms with van der Waals surface area (Å²) >= 11 is 1.42. The van der Waals surface area contributed by atoms with E-state index in [1.54, 1.807) is 26.8 Å². The molecule has 2 nitrogen and oxygen atoms in total. The summed E-state index contributed by atoms with van der Waals surface area (Å²) in [5, 5.41) is 0. The number of hydrogen-bond donors (Lipinski definition) is 0. The van der Waals surface area contributed by atoms with Crippen LogP contribution in [0.2, 0.25) is 0 Å². The van der Waals surface area contributed by atoms with Crippen molar-refractivity contribution in [2.45, 2.75) is 37.3 Å². The zero-order valence-corrected chi connectivity index (χ0v) is 19.0. The van der Waals surface area contributed by atoms with Gasteiger partial charge in [0, 0.05) is 0 Å². The first kappa shape index (κ1) is 18.1. The van der Waals surface area contributed by atoms with Crippen LogP contribution in [0.1, 0.15) is 26.3 Å². The summed E-state index contributed by atoms with van der Waals surface area (Å²) in [6, 6.07) is 15.8. The van der Waals surface area contributed by atoms with Crippen molar-refractivity contribution in [1.29, 1.82) is 0 Å². The Bertz CT molecular complexity index is 762. The second-order valence-corrected chi connectivity index (χ2v) is 21.2. The summed E-state index contributed by atoms with van der Waals surface area (Å²) in [5.41, 5.74) is 1.21. The van der Waals surface area contributed by atoms with Crippen molar-refractivity contribution in [3.05, 3.63) is 54.1 Å². The summed E-state index contributed by atoms with van der Waals surface area (Å²) in [6.07, 6.45) is 0. The van der Waals surface area contributed by atoms with E-state index in [1.165, 1.54) is 8.83 Å². The van der Waals surface area contributed by atoms with Crippen LogP contribution in [-0.2, 0) is 9.84 Å². The predicted octanol–water partition coefficient (Wildman–Crippen LogP) is 3.07. The van der Waals surface area contributed by atoms with E-state index < -0.39 is 34.0 Å². The van der Waals surface area contributed by atoms with Crippen LogP contribution in [0.5, 0.6) is 0 Å². The second-order valence-electron chi connectivity index (χ2n) is 6.20. The van der Waals surface area contributed by atoms with E-state index in [0.717, 1.165) is 3.27 Å². The van der Waals surface area contributed by atoms with Crippen molar-refractivity contribution in [2.24, 2.45) is 0 Å². The van der Waals surface area contributed by atoms with Crippen LogP contribution in [0.25, 0.3) is 0 Å². The standard InChI is InChI=1S/C10H13O2S.C7H7.Bi.BrH/c1-10(2,3)13(11,12)9-7-5-4-6-8-9;1-7-5-3-2-4-6-7;;/h4-7H,1-3H3;3-6H,1H3;;1H/q;;+1;/p-1. The molecule has 5 heteroatoms. The van der Waals surface area contributed by atoms with Crippen LogP contribution in [0.15, 0.2) is 53.4 Å². The fraction of sp³-hybridized carbons (Fsp3) is 0.294. The van der Waals surface area contributed by atoms with Gasteiger partial charge in [0.1, 0.15) is 0 Å². The van der Waals surface area contributed by atoms with Crippen LogP contribution in [-0.4, -0.2) is 32.6 Å².